The third-order valence-corrected chi connectivity index (χ3v) is 10.9. The molecule has 4 saturated carbocycles. The summed E-state index contributed by atoms with van der Waals surface area (Å²) < 4.78 is 0. The number of rotatable bonds is 3. The van der Waals surface area contributed by atoms with E-state index < -0.39 is 0 Å². The molecule has 0 aromatic rings. The Hall–Kier alpha value is -0.0800. The van der Waals surface area contributed by atoms with E-state index in [0.29, 0.717) is 22.7 Å². The number of aliphatic hydroxyl groups is 2. The van der Waals surface area contributed by atoms with Gasteiger partial charge in [-0.05, 0) is 117 Å². The smallest absolute Gasteiger partial charge is 0.0648 e. The van der Waals surface area contributed by atoms with Gasteiger partial charge in [0.05, 0.1) is 11.7 Å². The average molecular weight is 377 g/mol. The molecule has 0 radical (unpaired) electrons. The molecule has 0 spiro atoms. The molecule has 4 fully saturated rings. The fourth-order valence-corrected chi connectivity index (χ4v) is 8.88. The van der Waals surface area contributed by atoms with E-state index in [-0.39, 0.29) is 11.7 Å². The Morgan fingerprint density at radius 3 is 2.26 bits per heavy atom. The lowest BCUT2D eigenvalue weighted by Crippen LogP contribution is -2.56. The predicted molar refractivity (Wildman–Crippen MR) is 111 cm³/mol. The molecule has 4 aliphatic rings. The molecule has 156 valence electrons. The van der Waals surface area contributed by atoms with Crippen molar-refractivity contribution >= 4 is 0 Å². The number of aliphatic hydroxyl groups excluding tert-OH is 1. The molecule has 0 bridgehead atoms. The molecule has 0 aromatic heterocycles. The summed E-state index contributed by atoms with van der Waals surface area (Å²) in [6.07, 6.45) is 12.2. The first-order valence-electron chi connectivity index (χ1n) is 12.0. The van der Waals surface area contributed by atoms with Gasteiger partial charge in [-0.1, -0.05) is 27.7 Å². The van der Waals surface area contributed by atoms with Gasteiger partial charge in [-0.25, -0.2) is 0 Å². The van der Waals surface area contributed by atoms with Crippen LogP contribution in [0, 0.1) is 46.3 Å². The van der Waals surface area contributed by atoms with Crippen LogP contribution in [0.1, 0.15) is 98.8 Å². The highest BCUT2D eigenvalue weighted by Crippen LogP contribution is 2.68. The second-order valence-electron chi connectivity index (χ2n) is 11.8. The van der Waals surface area contributed by atoms with Gasteiger partial charge in [-0.15, -0.1) is 0 Å². The summed E-state index contributed by atoms with van der Waals surface area (Å²) in [5.74, 6) is 4.49. The SMILES string of the molecule is CC[C@]1(O)CC[C@@]2(C)[C@@H](CC[C@H]3[C@@H]4CC[C@H]([C@H](C)[C@H](C)O)C4(C)CC[C@@H]32)C1. The second-order valence-corrected chi connectivity index (χ2v) is 11.8. The first-order valence-corrected chi connectivity index (χ1v) is 12.0. The summed E-state index contributed by atoms with van der Waals surface area (Å²) in [6.45, 7) is 11.6. The first-order chi connectivity index (χ1) is 12.6. The Balaban J connectivity index is 1.56. The molecule has 2 N–H and O–H groups in total. The molecule has 4 aliphatic carbocycles. The maximum atomic E-state index is 10.9. The molecule has 10 atom stereocenters. The first kappa shape index (κ1) is 20.2. The lowest BCUT2D eigenvalue weighted by molar-refractivity contribution is -0.154. The van der Waals surface area contributed by atoms with Crippen LogP contribution in [0.4, 0.5) is 0 Å². The topological polar surface area (TPSA) is 40.5 Å². The minimum absolute atomic E-state index is 0.179. The summed E-state index contributed by atoms with van der Waals surface area (Å²) in [6, 6.07) is 0. The monoisotopic (exact) mass is 376 g/mol. The predicted octanol–water partition coefficient (Wildman–Crippen LogP) is 5.80. The van der Waals surface area contributed by atoms with Crippen LogP contribution in [0.15, 0.2) is 0 Å². The Bertz CT molecular complexity index is 559. The fourth-order valence-electron chi connectivity index (χ4n) is 8.88. The molecule has 0 heterocycles. The van der Waals surface area contributed by atoms with Gasteiger partial charge in [0.1, 0.15) is 0 Å². The molecular formula is C25H44O2. The zero-order valence-electron chi connectivity index (χ0n) is 18.5. The molecule has 2 nitrogen and oxygen atoms in total. The maximum absolute atomic E-state index is 10.9. The van der Waals surface area contributed by atoms with E-state index in [2.05, 4.69) is 27.7 Å². The van der Waals surface area contributed by atoms with Gasteiger partial charge in [0, 0.05) is 0 Å². The van der Waals surface area contributed by atoms with Gasteiger partial charge in [0.15, 0.2) is 0 Å². The highest BCUT2D eigenvalue weighted by molar-refractivity contribution is 5.11. The van der Waals surface area contributed by atoms with Crippen molar-refractivity contribution in [1.82, 2.24) is 0 Å². The van der Waals surface area contributed by atoms with E-state index in [0.717, 1.165) is 42.9 Å². The van der Waals surface area contributed by atoms with Crippen LogP contribution in [-0.4, -0.2) is 21.9 Å². The van der Waals surface area contributed by atoms with Gasteiger partial charge < -0.3 is 10.2 Å². The van der Waals surface area contributed by atoms with Gasteiger partial charge in [-0.2, -0.15) is 0 Å². The minimum atomic E-state index is -0.384. The lowest BCUT2D eigenvalue weighted by Gasteiger charge is -2.62. The van der Waals surface area contributed by atoms with Crippen molar-refractivity contribution in [3.63, 3.8) is 0 Å². The fraction of sp³-hybridized carbons (Fsp3) is 1.00. The summed E-state index contributed by atoms with van der Waals surface area (Å²) >= 11 is 0. The van der Waals surface area contributed by atoms with Crippen molar-refractivity contribution in [3.8, 4) is 0 Å². The van der Waals surface area contributed by atoms with Crippen LogP contribution in [0.5, 0.6) is 0 Å². The zero-order valence-corrected chi connectivity index (χ0v) is 18.5. The normalized spacial score (nSPS) is 54.6. The van der Waals surface area contributed by atoms with E-state index in [9.17, 15) is 10.2 Å². The van der Waals surface area contributed by atoms with Gasteiger partial charge >= 0.3 is 0 Å². The summed E-state index contributed by atoms with van der Waals surface area (Å²) in [5, 5.41) is 21.2. The summed E-state index contributed by atoms with van der Waals surface area (Å²) in [4.78, 5) is 0. The Kier molecular flexibility index (Phi) is 5.03. The van der Waals surface area contributed by atoms with E-state index >= 15 is 0 Å². The molecule has 0 aromatic carbocycles. The number of hydrogen-bond donors (Lipinski definition) is 2. The van der Waals surface area contributed by atoms with E-state index in [1.807, 2.05) is 6.92 Å². The molecular weight excluding hydrogens is 332 g/mol. The Morgan fingerprint density at radius 1 is 0.889 bits per heavy atom. The largest absolute Gasteiger partial charge is 0.393 e. The van der Waals surface area contributed by atoms with Crippen molar-refractivity contribution in [2.45, 2.75) is 111 Å². The van der Waals surface area contributed by atoms with Crippen LogP contribution >= 0.6 is 0 Å². The molecule has 4 rings (SSSR count). The standard InChI is InChI=1S/C25H44O2/c1-6-25(27)14-13-23(4)18(15-25)7-8-19-21-10-9-20(16(2)17(3)26)24(21,5)12-11-22(19)23/h16-22,26-27H,6-15H2,1-5H3/t16-,17+,18+,19+,20-,21+,22+,23+,24?,25+/m1/s1. The van der Waals surface area contributed by atoms with Crippen molar-refractivity contribution in [2.24, 2.45) is 46.3 Å². The van der Waals surface area contributed by atoms with E-state index in [4.69, 9.17) is 0 Å². The molecule has 0 saturated heterocycles. The molecule has 0 amide bonds. The van der Waals surface area contributed by atoms with Crippen molar-refractivity contribution in [2.75, 3.05) is 0 Å². The van der Waals surface area contributed by atoms with Crippen molar-refractivity contribution in [3.05, 3.63) is 0 Å². The van der Waals surface area contributed by atoms with Crippen LogP contribution in [0.25, 0.3) is 0 Å². The molecule has 1 unspecified atom stereocenters. The average Bonchev–Trinajstić information content (AvgIpc) is 2.99. The van der Waals surface area contributed by atoms with Gasteiger partial charge in [0.25, 0.3) is 0 Å². The van der Waals surface area contributed by atoms with E-state index in [1.165, 1.54) is 44.9 Å². The van der Waals surface area contributed by atoms with Crippen LogP contribution in [-0.2, 0) is 0 Å². The quantitative estimate of drug-likeness (QED) is 0.653. The minimum Gasteiger partial charge on any atom is -0.393 e. The lowest BCUT2D eigenvalue weighted by atomic mass is 9.43. The highest BCUT2D eigenvalue weighted by Gasteiger charge is 2.61. The van der Waals surface area contributed by atoms with Gasteiger partial charge in [-0.3, -0.25) is 0 Å². The van der Waals surface area contributed by atoms with E-state index in [1.54, 1.807) is 0 Å². The summed E-state index contributed by atoms with van der Waals surface area (Å²) in [7, 11) is 0. The third-order valence-electron chi connectivity index (χ3n) is 10.9. The highest BCUT2D eigenvalue weighted by atomic mass is 16.3. The van der Waals surface area contributed by atoms with Crippen molar-refractivity contribution in [1.29, 1.82) is 0 Å². The van der Waals surface area contributed by atoms with Crippen LogP contribution in [0.3, 0.4) is 0 Å². The molecule has 0 aliphatic heterocycles. The second kappa shape index (κ2) is 6.73. The Labute approximate surface area is 167 Å². The number of hydrogen-bond acceptors (Lipinski definition) is 2. The Morgan fingerprint density at radius 2 is 1.59 bits per heavy atom. The molecule has 2 heteroatoms. The molecule has 27 heavy (non-hydrogen) atoms. The van der Waals surface area contributed by atoms with Crippen LogP contribution < -0.4 is 0 Å². The summed E-state index contributed by atoms with van der Waals surface area (Å²) in [5.41, 5.74) is 0.518. The third kappa shape index (κ3) is 2.95. The van der Waals surface area contributed by atoms with Crippen molar-refractivity contribution < 1.29 is 10.2 Å². The number of fused-ring (bicyclic) bond motifs is 5. The zero-order chi connectivity index (χ0) is 19.6. The van der Waals surface area contributed by atoms with Crippen LogP contribution in [0.2, 0.25) is 0 Å². The van der Waals surface area contributed by atoms with Gasteiger partial charge in [0.2, 0.25) is 0 Å². The maximum Gasteiger partial charge on any atom is 0.0648 e.